The van der Waals surface area contributed by atoms with Crippen LogP contribution in [0.15, 0.2) is 60.8 Å². The Bertz CT molecular complexity index is 1270. The maximum atomic E-state index is 13.7. The lowest BCUT2D eigenvalue weighted by Gasteiger charge is -2.15. The number of aryl methyl sites for hydroxylation is 1. The first-order valence-electron chi connectivity index (χ1n) is 10.6. The molecule has 1 unspecified atom stereocenters. The molecule has 0 radical (unpaired) electrons. The number of halogens is 3. The van der Waals surface area contributed by atoms with E-state index in [9.17, 15) is 13.6 Å². The van der Waals surface area contributed by atoms with Gasteiger partial charge in [-0.25, -0.2) is 18.7 Å². The van der Waals surface area contributed by atoms with Crippen LogP contribution in [0.4, 0.5) is 8.78 Å². The maximum absolute atomic E-state index is 13.7. The number of pyridine rings is 1. The fourth-order valence-electron chi connectivity index (χ4n) is 3.70. The van der Waals surface area contributed by atoms with Crippen molar-refractivity contribution >= 4 is 33.0 Å². The summed E-state index contributed by atoms with van der Waals surface area (Å²) >= 11 is 3.43. The molecule has 0 bridgehead atoms. The normalized spacial score (nSPS) is 12.1. The first kappa shape index (κ1) is 23.0. The van der Waals surface area contributed by atoms with Gasteiger partial charge in [0.1, 0.15) is 11.3 Å². The molecule has 0 saturated heterocycles. The molecule has 0 saturated carbocycles. The van der Waals surface area contributed by atoms with Gasteiger partial charge >= 0.3 is 0 Å². The highest BCUT2D eigenvalue weighted by Gasteiger charge is 2.16. The van der Waals surface area contributed by atoms with Gasteiger partial charge in [0, 0.05) is 24.4 Å². The Hall–Kier alpha value is -3.13. The van der Waals surface area contributed by atoms with Gasteiger partial charge in [0.25, 0.3) is 0 Å². The molecule has 2 aromatic carbocycles. The van der Waals surface area contributed by atoms with E-state index in [-0.39, 0.29) is 24.9 Å². The van der Waals surface area contributed by atoms with E-state index in [4.69, 9.17) is 0 Å². The summed E-state index contributed by atoms with van der Waals surface area (Å²) in [5, 5.41) is 3.81. The highest BCUT2D eigenvalue weighted by atomic mass is 79.9. The molecular weight excluding hydrogens is 490 g/mol. The van der Waals surface area contributed by atoms with Gasteiger partial charge in [0.05, 0.1) is 12.6 Å². The van der Waals surface area contributed by atoms with Crippen molar-refractivity contribution in [3.8, 4) is 0 Å². The summed E-state index contributed by atoms with van der Waals surface area (Å²) in [5.74, 6) is -1.21. The minimum atomic E-state index is -0.899. The average molecular weight is 513 g/mol. The predicted octanol–water partition coefficient (Wildman–Crippen LogP) is 5.46. The molecule has 170 valence electrons. The highest BCUT2D eigenvalue weighted by Crippen LogP contribution is 2.19. The summed E-state index contributed by atoms with van der Waals surface area (Å²) in [6.45, 7) is 2.22. The molecule has 8 heteroatoms. The molecule has 0 spiro atoms. The molecule has 1 atom stereocenters. The van der Waals surface area contributed by atoms with Crippen molar-refractivity contribution in [2.75, 3.05) is 0 Å². The minimum absolute atomic E-state index is 0.0912. The fraction of sp³-hybridized carbons (Fsp3) is 0.240. The number of rotatable bonds is 8. The van der Waals surface area contributed by atoms with E-state index < -0.39 is 11.6 Å². The zero-order chi connectivity index (χ0) is 23.4. The Morgan fingerprint density at radius 1 is 1.09 bits per heavy atom. The van der Waals surface area contributed by atoms with Crippen LogP contribution >= 0.6 is 15.9 Å². The van der Waals surface area contributed by atoms with E-state index in [1.54, 1.807) is 12.3 Å². The molecule has 4 aromatic rings. The predicted molar refractivity (Wildman–Crippen MR) is 127 cm³/mol. The van der Waals surface area contributed by atoms with E-state index in [1.807, 2.05) is 41.8 Å². The Morgan fingerprint density at radius 2 is 1.85 bits per heavy atom. The van der Waals surface area contributed by atoms with Gasteiger partial charge in [-0.15, -0.1) is 0 Å². The quantitative estimate of drug-likeness (QED) is 0.319. The zero-order valence-corrected chi connectivity index (χ0v) is 19.6. The second-order valence-corrected chi connectivity index (χ2v) is 8.43. The fourth-order valence-corrected chi connectivity index (χ4v) is 4.07. The van der Waals surface area contributed by atoms with Crippen molar-refractivity contribution in [2.45, 2.75) is 37.7 Å². The molecule has 4 rings (SSSR count). The van der Waals surface area contributed by atoms with Crippen LogP contribution < -0.4 is 5.32 Å². The van der Waals surface area contributed by atoms with Crippen LogP contribution in [0.5, 0.6) is 0 Å². The summed E-state index contributed by atoms with van der Waals surface area (Å²) in [7, 11) is 0. The van der Waals surface area contributed by atoms with Crippen LogP contribution in [0.1, 0.15) is 41.9 Å². The third-order valence-electron chi connectivity index (χ3n) is 5.49. The van der Waals surface area contributed by atoms with Crippen LogP contribution in [0.25, 0.3) is 11.2 Å². The van der Waals surface area contributed by atoms with Crippen molar-refractivity contribution in [2.24, 2.45) is 0 Å². The van der Waals surface area contributed by atoms with Crippen molar-refractivity contribution in [3.05, 3.63) is 94.9 Å². The van der Waals surface area contributed by atoms with Crippen LogP contribution in [0.3, 0.4) is 0 Å². The molecule has 2 heterocycles. The van der Waals surface area contributed by atoms with Gasteiger partial charge in [0.15, 0.2) is 17.3 Å². The van der Waals surface area contributed by atoms with Gasteiger partial charge < -0.3 is 9.88 Å². The number of aromatic nitrogens is 3. The highest BCUT2D eigenvalue weighted by molar-refractivity contribution is 9.08. The van der Waals surface area contributed by atoms with Crippen LogP contribution in [0, 0.1) is 11.6 Å². The topological polar surface area (TPSA) is 59.8 Å². The monoisotopic (exact) mass is 512 g/mol. The van der Waals surface area contributed by atoms with Gasteiger partial charge in [-0.2, -0.15) is 0 Å². The standard InChI is InChI=1S/C25H23BrF2N4O/c1-16(19-7-4-17(14-26)5-8-19)30-24(33)11-10-23-31-22-3-2-12-29-25(22)32(23)15-18-6-9-20(27)21(28)13-18/h2-9,12-13,16H,10-11,14-15H2,1H3,(H,30,33). The Balaban J connectivity index is 1.48. The first-order valence-corrected chi connectivity index (χ1v) is 11.7. The number of amides is 1. The lowest BCUT2D eigenvalue weighted by atomic mass is 10.1. The molecule has 1 amide bonds. The second kappa shape index (κ2) is 10.2. The molecule has 1 N–H and O–H groups in total. The molecule has 0 fully saturated rings. The smallest absolute Gasteiger partial charge is 0.220 e. The molecule has 5 nitrogen and oxygen atoms in total. The van der Waals surface area contributed by atoms with Crippen LogP contribution in [0.2, 0.25) is 0 Å². The SMILES string of the molecule is CC(NC(=O)CCc1nc2cccnc2n1Cc1ccc(F)c(F)c1)c1ccc(CBr)cc1. The largest absolute Gasteiger partial charge is 0.350 e. The zero-order valence-electron chi connectivity index (χ0n) is 18.1. The number of benzene rings is 2. The summed E-state index contributed by atoms with van der Waals surface area (Å²) in [6.07, 6.45) is 2.29. The van der Waals surface area contributed by atoms with Gasteiger partial charge in [-0.05, 0) is 47.9 Å². The average Bonchev–Trinajstić information content (AvgIpc) is 3.17. The van der Waals surface area contributed by atoms with Crippen molar-refractivity contribution in [1.29, 1.82) is 0 Å². The van der Waals surface area contributed by atoms with E-state index in [1.165, 1.54) is 17.7 Å². The summed E-state index contributed by atoms with van der Waals surface area (Å²) in [4.78, 5) is 21.6. The number of carbonyl (C=O) groups is 1. The second-order valence-electron chi connectivity index (χ2n) is 7.87. The molecule has 0 aliphatic carbocycles. The van der Waals surface area contributed by atoms with Gasteiger partial charge in [-0.1, -0.05) is 46.3 Å². The number of nitrogens with zero attached hydrogens (tertiary/aromatic N) is 3. The molecular formula is C25H23BrF2N4O. The number of carbonyl (C=O) groups excluding carboxylic acids is 1. The third-order valence-corrected chi connectivity index (χ3v) is 6.14. The van der Waals surface area contributed by atoms with Crippen molar-refractivity contribution in [3.63, 3.8) is 0 Å². The van der Waals surface area contributed by atoms with Crippen molar-refractivity contribution in [1.82, 2.24) is 19.9 Å². The lowest BCUT2D eigenvalue weighted by Crippen LogP contribution is -2.27. The maximum Gasteiger partial charge on any atom is 0.220 e. The van der Waals surface area contributed by atoms with Gasteiger partial charge in [0.2, 0.25) is 5.91 Å². The third kappa shape index (κ3) is 5.45. The van der Waals surface area contributed by atoms with E-state index >= 15 is 0 Å². The molecule has 0 aliphatic rings. The Kier molecular flexibility index (Phi) is 7.13. The number of fused-ring (bicyclic) bond motifs is 1. The Labute approximate surface area is 199 Å². The number of nitrogens with one attached hydrogen (secondary N) is 1. The number of hydrogen-bond acceptors (Lipinski definition) is 3. The van der Waals surface area contributed by atoms with E-state index in [2.05, 4.69) is 31.2 Å². The summed E-state index contributed by atoms with van der Waals surface area (Å²) < 4.78 is 28.9. The Morgan fingerprint density at radius 3 is 2.58 bits per heavy atom. The lowest BCUT2D eigenvalue weighted by molar-refractivity contribution is -0.121. The minimum Gasteiger partial charge on any atom is -0.350 e. The van der Waals surface area contributed by atoms with Crippen molar-refractivity contribution < 1.29 is 13.6 Å². The van der Waals surface area contributed by atoms with Crippen LogP contribution in [-0.4, -0.2) is 20.4 Å². The first-order chi connectivity index (χ1) is 15.9. The molecule has 2 aromatic heterocycles. The van der Waals surface area contributed by atoms with E-state index in [0.717, 1.165) is 17.0 Å². The number of alkyl halides is 1. The van der Waals surface area contributed by atoms with Gasteiger partial charge in [-0.3, -0.25) is 4.79 Å². The van der Waals surface area contributed by atoms with E-state index in [0.29, 0.717) is 29.0 Å². The summed E-state index contributed by atoms with van der Waals surface area (Å²) in [6, 6.07) is 15.4. The molecule has 33 heavy (non-hydrogen) atoms. The summed E-state index contributed by atoms with van der Waals surface area (Å²) in [5.41, 5.74) is 4.12. The number of imidazole rings is 1. The van der Waals surface area contributed by atoms with Crippen LogP contribution in [-0.2, 0) is 23.1 Å². The number of hydrogen-bond donors (Lipinski definition) is 1. The molecule has 0 aliphatic heterocycles.